The smallest absolute Gasteiger partial charge is 0.270 e. The van der Waals surface area contributed by atoms with Gasteiger partial charge in [-0.25, -0.2) is 0 Å². The Bertz CT molecular complexity index is 1050. The molecule has 0 bridgehead atoms. The summed E-state index contributed by atoms with van der Waals surface area (Å²) < 4.78 is 1.83. The van der Waals surface area contributed by atoms with Gasteiger partial charge < -0.3 is 5.73 Å². The van der Waals surface area contributed by atoms with Crippen molar-refractivity contribution < 1.29 is 4.79 Å². The van der Waals surface area contributed by atoms with Crippen LogP contribution < -0.4 is 5.73 Å². The van der Waals surface area contributed by atoms with Crippen molar-refractivity contribution in [2.45, 2.75) is 6.42 Å². The number of halogens is 1. The van der Waals surface area contributed by atoms with Crippen molar-refractivity contribution in [3.8, 4) is 10.4 Å². The molecule has 0 saturated heterocycles. The van der Waals surface area contributed by atoms with Crippen molar-refractivity contribution in [2.24, 2.45) is 5.73 Å². The van der Waals surface area contributed by atoms with Gasteiger partial charge in [0.1, 0.15) is 0 Å². The summed E-state index contributed by atoms with van der Waals surface area (Å²) in [5.41, 5.74) is 8.90. The second kappa shape index (κ2) is 7.34. The number of hydrogen-bond acceptors (Lipinski definition) is 5. The number of hydrogen-bond donors (Lipinski definition) is 1. The van der Waals surface area contributed by atoms with Gasteiger partial charge in [0.05, 0.1) is 10.4 Å². The summed E-state index contributed by atoms with van der Waals surface area (Å²) in [7, 11) is 0. The molecule has 0 radical (unpaired) electrons. The number of primary amides is 1. The number of nitrogens with zero attached hydrogens (tertiary/aromatic N) is 2. The van der Waals surface area contributed by atoms with Crippen LogP contribution in [0.4, 0.5) is 0 Å². The fraction of sp³-hybridized carbons (Fsp3) is 0.105. The molecule has 0 aliphatic carbocycles. The van der Waals surface area contributed by atoms with Gasteiger partial charge in [0.2, 0.25) is 0 Å². The summed E-state index contributed by atoms with van der Waals surface area (Å²) in [5, 5.41) is 11.5. The molecule has 0 unspecified atom stereocenters. The monoisotopic (exact) mass is 443 g/mol. The number of nitrogens with two attached hydrogens (primary N) is 1. The molecule has 1 aromatic carbocycles. The summed E-state index contributed by atoms with van der Waals surface area (Å²) >= 11 is 6.75. The first-order chi connectivity index (χ1) is 12.6. The van der Waals surface area contributed by atoms with Crippen LogP contribution in [0, 0.1) is 0 Å². The number of thiophene rings is 1. The van der Waals surface area contributed by atoms with Crippen LogP contribution in [0.15, 0.2) is 57.9 Å². The van der Waals surface area contributed by atoms with E-state index in [2.05, 4.69) is 49.8 Å². The molecule has 26 heavy (non-hydrogen) atoms. The van der Waals surface area contributed by atoms with E-state index in [1.165, 1.54) is 16.9 Å². The maximum atomic E-state index is 11.8. The van der Waals surface area contributed by atoms with Crippen molar-refractivity contribution in [3.63, 3.8) is 0 Å². The third-order valence-corrected chi connectivity index (χ3v) is 6.60. The van der Waals surface area contributed by atoms with E-state index < -0.39 is 5.91 Å². The standard InChI is InChI=1S/C19H14BrN3OS2/c20-13-5-3-12(4-6-13)16-9-14-15(8-11-2-1-7-25-10-11)22-23-17(19(21)24)18(14)26-16/h1-6,9-10H,7-8H2,(H2,21,24). The maximum absolute atomic E-state index is 11.8. The molecule has 130 valence electrons. The minimum atomic E-state index is -0.550. The molecule has 4 rings (SSSR count). The Balaban J connectivity index is 1.84. The molecule has 0 saturated carbocycles. The van der Waals surface area contributed by atoms with E-state index >= 15 is 0 Å². The lowest BCUT2D eigenvalue weighted by Gasteiger charge is -2.07. The van der Waals surface area contributed by atoms with E-state index in [0.29, 0.717) is 6.42 Å². The summed E-state index contributed by atoms with van der Waals surface area (Å²) in [6.45, 7) is 0. The van der Waals surface area contributed by atoms with Crippen LogP contribution >= 0.6 is 39.0 Å². The number of amides is 1. The average molecular weight is 444 g/mol. The Hall–Kier alpha value is -1.96. The fourth-order valence-corrected chi connectivity index (χ4v) is 4.90. The van der Waals surface area contributed by atoms with E-state index in [1.54, 1.807) is 11.8 Å². The zero-order valence-corrected chi connectivity index (χ0v) is 16.8. The van der Waals surface area contributed by atoms with Gasteiger partial charge in [-0.15, -0.1) is 28.2 Å². The highest BCUT2D eigenvalue weighted by atomic mass is 79.9. The third kappa shape index (κ3) is 3.47. The van der Waals surface area contributed by atoms with Gasteiger partial charge in [0, 0.05) is 26.9 Å². The second-order valence-electron chi connectivity index (χ2n) is 5.83. The number of carbonyl (C=O) groups excluding carboxylic acids is 1. The number of thioether (sulfide) groups is 1. The second-order valence-corrected chi connectivity index (χ2v) is 8.70. The summed E-state index contributed by atoms with van der Waals surface area (Å²) in [5.74, 6) is 0.447. The van der Waals surface area contributed by atoms with Crippen molar-refractivity contribution >= 4 is 55.0 Å². The normalized spacial score (nSPS) is 13.8. The quantitative estimate of drug-likeness (QED) is 0.619. The van der Waals surface area contributed by atoms with E-state index in [9.17, 15) is 4.79 Å². The van der Waals surface area contributed by atoms with Crippen LogP contribution in [0.2, 0.25) is 0 Å². The molecule has 0 spiro atoms. The van der Waals surface area contributed by atoms with Crippen LogP contribution in [-0.4, -0.2) is 21.9 Å². The van der Waals surface area contributed by atoms with Crippen LogP contribution in [0.1, 0.15) is 16.2 Å². The van der Waals surface area contributed by atoms with Gasteiger partial charge >= 0.3 is 0 Å². The average Bonchev–Trinajstić information content (AvgIpc) is 3.09. The molecule has 0 atom stereocenters. The summed E-state index contributed by atoms with van der Waals surface area (Å²) in [4.78, 5) is 12.9. The highest BCUT2D eigenvalue weighted by Crippen LogP contribution is 2.37. The third-order valence-electron chi connectivity index (χ3n) is 4.02. The number of aromatic nitrogens is 2. The molecule has 2 aromatic heterocycles. The van der Waals surface area contributed by atoms with E-state index in [0.717, 1.165) is 36.4 Å². The van der Waals surface area contributed by atoms with Crippen LogP contribution in [0.5, 0.6) is 0 Å². The molecular formula is C19H14BrN3OS2. The molecule has 3 aromatic rings. The van der Waals surface area contributed by atoms with Crippen LogP contribution in [-0.2, 0) is 6.42 Å². The minimum absolute atomic E-state index is 0.236. The Morgan fingerprint density at radius 3 is 2.73 bits per heavy atom. The minimum Gasteiger partial charge on any atom is -0.364 e. The largest absolute Gasteiger partial charge is 0.364 e. The predicted molar refractivity (Wildman–Crippen MR) is 112 cm³/mol. The van der Waals surface area contributed by atoms with E-state index in [-0.39, 0.29) is 5.69 Å². The molecule has 1 amide bonds. The highest BCUT2D eigenvalue weighted by molar-refractivity contribution is 9.10. The van der Waals surface area contributed by atoms with Crippen molar-refractivity contribution in [1.82, 2.24) is 10.2 Å². The van der Waals surface area contributed by atoms with E-state index in [4.69, 9.17) is 5.73 Å². The van der Waals surface area contributed by atoms with Gasteiger partial charge in [0.15, 0.2) is 5.69 Å². The number of benzene rings is 1. The Morgan fingerprint density at radius 2 is 2.04 bits per heavy atom. The van der Waals surface area contributed by atoms with Gasteiger partial charge in [-0.05, 0) is 34.7 Å². The van der Waals surface area contributed by atoms with Crippen molar-refractivity contribution in [1.29, 1.82) is 0 Å². The summed E-state index contributed by atoms with van der Waals surface area (Å²) in [6, 6.07) is 10.2. The fourth-order valence-electron chi connectivity index (χ4n) is 2.78. The highest BCUT2D eigenvalue weighted by Gasteiger charge is 2.18. The van der Waals surface area contributed by atoms with Crippen molar-refractivity contribution in [3.05, 3.63) is 69.3 Å². The zero-order valence-electron chi connectivity index (χ0n) is 13.6. The molecule has 2 N–H and O–H groups in total. The van der Waals surface area contributed by atoms with Crippen LogP contribution in [0.3, 0.4) is 0 Å². The Kier molecular flexibility index (Phi) is 4.93. The van der Waals surface area contributed by atoms with Gasteiger partial charge in [0.25, 0.3) is 5.91 Å². The van der Waals surface area contributed by atoms with Gasteiger partial charge in [-0.2, -0.15) is 5.10 Å². The molecule has 1 aliphatic heterocycles. The number of fused-ring (bicyclic) bond motifs is 1. The Morgan fingerprint density at radius 1 is 1.23 bits per heavy atom. The van der Waals surface area contributed by atoms with E-state index in [1.807, 2.05) is 24.3 Å². The lowest BCUT2D eigenvalue weighted by molar-refractivity contribution is 0.0996. The topological polar surface area (TPSA) is 68.9 Å². The lowest BCUT2D eigenvalue weighted by Crippen LogP contribution is -2.14. The molecule has 1 aliphatic rings. The maximum Gasteiger partial charge on any atom is 0.270 e. The first-order valence-corrected chi connectivity index (χ1v) is 10.6. The van der Waals surface area contributed by atoms with Crippen LogP contribution in [0.25, 0.3) is 20.5 Å². The van der Waals surface area contributed by atoms with Gasteiger partial charge in [-0.3, -0.25) is 4.79 Å². The zero-order chi connectivity index (χ0) is 18.1. The SMILES string of the molecule is NC(=O)c1nnc(CC2=CSCC=C2)c2cc(-c3ccc(Br)cc3)sc12. The molecule has 3 heterocycles. The summed E-state index contributed by atoms with van der Waals surface area (Å²) in [6.07, 6.45) is 4.94. The number of carbonyl (C=O) groups is 1. The molecule has 7 heteroatoms. The first-order valence-electron chi connectivity index (χ1n) is 7.94. The Labute approximate surface area is 167 Å². The lowest BCUT2D eigenvalue weighted by atomic mass is 10.1. The van der Waals surface area contributed by atoms with Crippen molar-refractivity contribution in [2.75, 3.05) is 5.75 Å². The number of rotatable bonds is 4. The number of allylic oxidation sites excluding steroid dienone is 2. The molecule has 0 fully saturated rings. The van der Waals surface area contributed by atoms with Gasteiger partial charge in [-0.1, -0.05) is 40.2 Å². The first kappa shape index (κ1) is 17.5. The predicted octanol–water partition coefficient (Wildman–Crippen LogP) is 4.95. The molecule has 4 nitrogen and oxygen atoms in total. The molecular weight excluding hydrogens is 430 g/mol.